The zero-order valence-corrected chi connectivity index (χ0v) is 10.8. The van der Waals surface area contributed by atoms with Crippen molar-refractivity contribution < 1.29 is 4.74 Å². The summed E-state index contributed by atoms with van der Waals surface area (Å²) in [4.78, 5) is 4.25. The molecule has 0 aliphatic heterocycles. The van der Waals surface area contributed by atoms with Crippen molar-refractivity contribution in [3.05, 3.63) is 35.7 Å². The minimum atomic E-state index is 0.818. The summed E-state index contributed by atoms with van der Waals surface area (Å²) in [7, 11) is 1.68. The van der Waals surface area contributed by atoms with E-state index >= 15 is 0 Å². The van der Waals surface area contributed by atoms with Gasteiger partial charge in [0.15, 0.2) is 0 Å². The molecule has 0 unspecified atom stereocenters. The Morgan fingerprint density at radius 3 is 3.00 bits per heavy atom. The van der Waals surface area contributed by atoms with Crippen LogP contribution in [0.15, 0.2) is 24.3 Å². The molecule has 0 atom stereocenters. The lowest BCUT2D eigenvalue weighted by Gasteiger charge is -2.04. The van der Waals surface area contributed by atoms with Crippen molar-refractivity contribution in [3.8, 4) is 5.75 Å². The Morgan fingerprint density at radius 1 is 1.41 bits per heavy atom. The molecule has 0 saturated heterocycles. The van der Waals surface area contributed by atoms with Crippen LogP contribution >= 0.6 is 11.5 Å². The van der Waals surface area contributed by atoms with Crippen molar-refractivity contribution in [1.82, 2.24) is 9.36 Å². The van der Waals surface area contributed by atoms with E-state index in [0.717, 1.165) is 29.7 Å². The molecule has 17 heavy (non-hydrogen) atoms. The highest BCUT2D eigenvalue weighted by atomic mass is 32.1. The summed E-state index contributed by atoms with van der Waals surface area (Å²) in [6.45, 7) is 2.74. The number of aryl methyl sites for hydroxylation is 1. The Labute approximate surface area is 105 Å². The van der Waals surface area contributed by atoms with E-state index in [2.05, 4.69) is 20.7 Å². The van der Waals surface area contributed by atoms with Gasteiger partial charge in [0, 0.05) is 18.1 Å². The van der Waals surface area contributed by atoms with Gasteiger partial charge in [-0.15, -0.1) is 0 Å². The molecule has 1 aromatic heterocycles. The molecule has 1 N–H and O–H groups in total. The summed E-state index contributed by atoms with van der Waals surface area (Å²) >= 11 is 1.40. The van der Waals surface area contributed by atoms with E-state index in [0.29, 0.717) is 0 Å². The molecule has 1 aromatic carbocycles. The molecular weight excluding hydrogens is 234 g/mol. The molecule has 0 radical (unpaired) electrons. The fourth-order valence-electron chi connectivity index (χ4n) is 1.51. The third-order valence-corrected chi connectivity index (χ3v) is 3.12. The predicted molar refractivity (Wildman–Crippen MR) is 69.8 cm³/mol. The zero-order valence-electron chi connectivity index (χ0n) is 9.93. The van der Waals surface area contributed by atoms with E-state index in [-0.39, 0.29) is 0 Å². The van der Waals surface area contributed by atoms with Crippen molar-refractivity contribution in [2.75, 3.05) is 19.0 Å². The Hall–Kier alpha value is -1.62. The normalized spacial score (nSPS) is 10.2. The first-order valence-corrected chi connectivity index (χ1v) is 6.22. The van der Waals surface area contributed by atoms with Crippen molar-refractivity contribution in [1.29, 1.82) is 0 Å². The quantitative estimate of drug-likeness (QED) is 0.884. The van der Waals surface area contributed by atoms with E-state index in [1.54, 1.807) is 7.11 Å². The average molecular weight is 249 g/mol. The summed E-state index contributed by atoms with van der Waals surface area (Å²) < 4.78 is 9.30. The Bertz CT molecular complexity index is 484. The van der Waals surface area contributed by atoms with Crippen LogP contribution in [-0.2, 0) is 6.42 Å². The highest BCUT2D eigenvalue weighted by molar-refractivity contribution is 7.09. The van der Waals surface area contributed by atoms with Crippen LogP contribution < -0.4 is 10.1 Å². The summed E-state index contributed by atoms with van der Waals surface area (Å²) in [5.74, 6) is 1.72. The molecule has 2 aromatic rings. The molecule has 0 fully saturated rings. The van der Waals surface area contributed by atoms with Gasteiger partial charge in [-0.2, -0.15) is 4.37 Å². The number of rotatable bonds is 5. The molecular formula is C12H15N3OS. The second kappa shape index (κ2) is 5.63. The van der Waals surface area contributed by atoms with Gasteiger partial charge in [0.2, 0.25) is 5.13 Å². The first-order valence-electron chi connectivity index (χ1n) is 5.45. The van der Waals surface area contributed by atoms with Crippen molar-refractivity contribution >= 4 is 16.7 Å². The van der Waals surface area contributed by atoms with Crippen molar-refractivity contribution in [2.45, 2.75) is 13.3 Å². The van der Waals surface area contributed by atoms with Gasteiger partial charge in [0.1, 0.15) is 11.6 Å². The number of benzene rings is 1. The summed E-state index contributed by atoms with van der Waals surface area (Å²) in [6, 6.07) is 8.09. The molecule has 0 aliphatic rings. The van der Waals surface area contributed by atoms with E-state index in [1.165, 1.54) is 17.1 Å². The van der Waals surface area contributed by atoms with E-state index in [1.807, 2.05) is 25.1 Å². The maximum absolute atomic E-state index is 5.18. The van der Waals surface area contributed by atoms with Crippen LogP contribution in [0.25, 0.3) is 0 Å². The Balaban J connectivity index is 1.85. The number of anilines is 1. The number of aromatic nitrogens is 2. The number of hydrogen-bond donors (Lipinski definition) is 1. The molecule has 90 valence electrons. The second-order valence-electron chi connectivity index (χ2n) is 3.68. The van der Waals surface area contributed by atoms with Crippen LogP contribution in [0.5, 0.6) is 5.75 Å². The topological polar surface area (TPSA) is 47.0 Å². The maximum atomic E-state index is 5.18. The molecule has 0 bridgehead atoms. The smallest absolute Gasteiger partial charge is 0.202 e. The van der Waals surface area contributed by atoms with E-state index < -0.39 is 0 Å². The maximum Gasteiger partial charge on any atom is 0.202 e. The number of methoxy groups -OCH3 is 1. The molecule has 0 amide bonds. The van der Waals surface area contributed by atoms with Gasteiger partial charge < -0.3 is 10.1 Å². The second-order valence-corrected chi connectivity index (χ2v) is 4.43. The van der Waals surface area contributed by atoms with Crippen LogP contribution in [0.3, 0.4) is 0 Å². The van der Waals surface area contributed by atoms with E-state index in [9.17, 15) is 0 Å². The monoisotopic (exact) mass is 249 g/mol. The minimum Gasteiger partial charge on any atom is -0.497 e. The van der Waals surface area contributed by atoms with Gasteiger partial charge in [0.25, 0.3) is 0 Å². The van der Waals surface area contributed by atoms with Crippen molar-refractivity contribution in [2.24, 2.45) is 0 Å². The van der Waals surface area contributed by atoms with Crippen molar-refractivity contribution in [3.63, 3.8) is 0 Å². The lowest BCUT2D eigenvalue weighted by molar-refractivity contribution is 0.414. The van der Waals surface area contributed by atoms with Gasteiger partial charge in [-0.05, 0) is 31.0 Å². The van der Waals surface area contributed by atoms with Gasteiger partial charge in [-0.1, -0.05) is 12.1 Å². The van der Waals surface area contributed by atoms with Gasteiger partial charge in [-0.3, -0.25) is 0 Å². The molecule has 0 saturated carbocycles. The number of nitrogens with one attached hydrogen (secondary N) is 1. The standard InChI is InChI=1S/C12H15N3OS/c1-9-14-12(17-15-9)13-7-6-10-4-3-5-11(8-10)16-2/h3-5,8H,6-7H2,1-2H3,(H,13,14,15). The lowest BCUT2D eigenvalue weighted by Crippen LogP contribution is -2.04. The van der Waals surface area contributed by atoms with Gasteiger partial charge in [-0.25, -0.2) is 4.98 Å². The Kier molecular flexibility index (Phi) is 3.93. The van der Waals surface area contributed by atoms with Crippen LogP contribution in [0.4, 0.5) is 5.13 Å². The van der Waals surface area contributed by atoms with Crippen LogP contribution in [-0.4, -0.2) is 23.0 Å². The third kappa shape index (κ3) is 3.42. The first kappa shape index (κ1) is 11.9. The van der Waals surface area contributed by atoms with Crippen LogP contribution in [0.1, 0.15) is 11.4 Å². The Morgan fingerprint density at radius 2 is 2.29 bits per heavy atom. The summed E-state index contributed by atoms with van der Waals surface area (Å²) in [5.41, 5.74) is 1.25. The average Bonchev–Trinajstić information content (AvgIpc) is 2.75. The fraction of sp³-hybridized carbons (Fsp3) is 0.333. The molecule has 1 heterocycles. The summed E-state index contributed by atoms with van der Waals surface area (Å²) in [5, 5.41) is 4.14. The minimum absolute atomic E-state index is 0.818. The van der Waals surface area contributed by atoms with Crippen LogP contribution in [0.2, 0.25) is 0 Å². The molecule has 5 heteroatoms. The largest absolute Gasteiger partial charge is 0.497 e. The highest BCUT2D eigenvalue weighted by Crippen LogP contribution is 2.14. The third-order valence-electron chi connectivity index (χ3n) is 2.35. The number of hydrogen-bond acceptors (Lipinski definition) is 5. The zero-order chi connectivity index (χ0) is 12.1. The molecule has 0 spiro atoms. The molecule has 4 nitrogen and oxygen atoms in total. The number of nitrogens with zero attached hydrogens (tertiary/aromatic N) is 2. The predicted octanol–water partition coefficient (Wildman–Crippen LogP) is 2.51. The van der Waals surface area contributed by atoms with Gasteiger partial charge in [0.05, 0.1) is 7.11 Å². The van der Waals surface area contributed by atoms with Crippen LogP contribution in [0, 0.1) is 6.92 Å². The lowest BCUT2D eigenvalue weighted by atomic mass is 10.1. The summed E-state index contributed by atoms with van der Waals surface area (Å²) in [6.07, 6.45) is 0.940. The highest BCUT2D eigenvalue weighted by Gasteiger charge is 1.99. The van der Waals surface area contributed by atoms with Gasteiger partial charge >= 0.3 is 0 Å². The SMILES string of the molecule is COc1cccc(CCNc2nc(C)ns2)c1. The first-order chi connectivity index (χ1) is 8.28. The van der Waals surface area contributed by atoms with E-state index in [4.69, 9.17) is 4.74 Å². The fourth-order valence-corrected chi connectivity index (χ4v) is 2.11. The molecule has 2 rings (SSSR count). The number of ether oxygens (including phenoxy) is 1. The molecule has 0 aliphatic carbocycles.